The van der Waals surface area contributed by atoms with Crippen molar-refractivity contribution in [3.05, 3.63) is 0 Å². The van der Waals surface area contributed by atoms with E-state index in [0.29, 0.717) is 12.8 Å². The van der Waals surface area contributed by atoms with Gasteiger partial charge in [0.25, 0.3) is 0 Å². The fourth-order valence-electron chi connectivity index (χ4n) is 2.48. The second kappa shape index (κ2) is 19.1. The van der Waals surface area contributed by atoms with Crippen molar-refractivity contribution in [3.63, 3.8) is 0 Å². The Morgan fingerprint density at radius 3 is 1.33 bits per heavy atom. The van der Waals surface area contributed by atoms with E-state index in [1.54, 1.807) is 0 Å². The number of rotatable bonds is 20. The average molecular weight is 627 g/mol. The molecule has 0 aromatic rings. The molecule has 1 unspecified atom stereocenters. The zero-order chi connectivity index (χ0) is 22.2. The molecule has 10 nitrogen and oxygen atoms in total. The van der Waals surface area contributed by atoms with Gasteiger partial charge in [0.2, 0.25) is 0 Å². The second-order valence-corrected chi connectivity index (χ2v) is 11.4. The van der Waals surface area contributed by atoms with E-state index in [4.69, 9.17) is 18.8 Å². The van der Waals surface area contributed by atoms with Crippen LogP contribution in [0.2, 0.25) is 0 Å². The molecule has 0 spiro atoms. The van der Waals surface area contributed by atoms with E-state index in [1.807, 2.05) is 0 Å². The van der Waals surface area contributed by atoms with Gasteiger partial charge in [0.15, 0.2) is 0 Å². The zero-order valence-electron chi connectivity index (χ0n) is 17.9. The van der Waals surface area contributed by atoms with Gasteiger partial charge in [-0.25, -0.2) is 13.7 Å². The van der Waals surface area contributed by atoms with Gasteiger partial charge in [0.05, 0.1) is 13.2 Å². The Kier molecular flexibility index (Phi) is 21.6. The molecule has 14 heteroatoms. The Bertz CT molecular complexity index is 535. The first-order valence-corrected chi connectivity index (χ1v) is 14.7. The van der Waals surface area contributed by atoms with Gasteiger partial charge in [-0.2, -0.15) is 8.62 Å². The maximum absolute atomic E-state index is 12.7. The van der Waals surface area contributed by atoms with Crippen LogP contribution < -0.4 is 0 Å². The zero-order valence-corrected chi connectivity index (χ0v) is 23.8. The summed E-state index contributed by atoms with van der Waals surface area (Å²) in [6.07, 6.45) is 11.2. The van der Waals surface area contributed by atoms with E-state index in [0.717, 1.165) is 64.2 Å². The summed E-state index contributed by atoms with van der Waals surface area (Å²) < 4.78 is 53.4. The normalized spacial score (nSPS) is 14.3. The van der Waals surface area contributed by atoms with Crippen LogP contribution in [0.4, 0.5) is 0 Å². The number of phosphoric ester groups is 1. The molecule has 0 amide bonds. The molecule has 30 heavy (non-hydrogen) atoms. The predicted molar refractivity (Wildman–Crippen MR) is 110 cm³/mol. The van der Waals surface area contributed by atoms with Gasteiger partial charge >= 0.3 is 23.5 Å². The summed E-state index contributed by atoms with van der Waals surface area (Å²) in [6, 6.07) is 0. The first kappa shape index (κ1) is 33.9. The van der Waals surface area contributed by atoms with E-state index >= 15 is 0 Å². The standard InChI is InChI=1S/C16H37O10P3.Nd/c1-3-5-7-9-11-13-15-23-29(22,24-16-14-12-10-8-6-4-2)26-28(20,21)25-27(17,18)19;/h3-16H2,1-2H3,(H,20,21)(H2,17,18,19);. The van der Waals surface area contributed by atoms with Gasteiger partial charge in [-0.3, -0.25) is 9.05 Å². The van der Waals surface area contributed by atoms with E-state index in [1.165, 1.54) is 0 Å². The largest absolute Gasteiger partial charge is 0.490 e. The summed E-state index contributed by atoms with van der Waals surface area (Å²) in [4.78, 5) is 26.9. The van der Waals surface area contributed by atoms with Gasteiger partial charge in [-0.15, -0.1) is 0 Å². The van der Waals surface area contributed by atoms with Crippen molar-refractivity contribution < 1.29 is 86.9 Å². The second-order valence-electron chi connectivity index (χ2n) is 6.77. The Labute approximate surface area is 213 Å². The van der Waals surface area contributed by atoms with Crippen molar-refractivity contribution >= 4 is 23.5 Å². The fourth-order valence-corrected chi connectivity index (χ4v) is 6.11. The summed E-state index contributed by atoms with van der Waals surface area (Å²) in [6.45, 7) is 4.11. The minimum Gasteiger partial charge on any atom is -0.302 e. The monoisotopic (exact) mass is 624 g/mol. The molecule has 1 atom stereocenters. The Morgan fingerprint density at radius 1 is 0.600 bits per heavy atom. The van der Waals surface area contributed by atoms with Crippen LogP contribution in [0.15, 0.2) is 0 Å². The van der Waals surface area contributed by atoms with Crippen LogP contribution in [0.1, 0.15) is 90.9 Å². The number of unbranched alkanes of at least 4 members (excludes halogenated alkanes) is 10. The molecule has 3 N–H and O–H groups in total. The van der Waals surface area contributed by atoms with Crippen molar-refractivity contribution in [2.75, 3.05) is 13.2 Å². The van der Waals surface area contributed by atoms with Crippen molar-refractivity contribution in [2.45, 2.75) is 90.9 Å². The van der Waals surface area contributed by atoms with Gasteiger partial charge in [-0.1, -0.05) is 78.1 Å². The predicted octanol–water partition coefficient (Wildman–Crippen LogP) is 6.08. The minimum absolute atomic E-state index is 0. The SMILES string of the molecule is CCCCCCCCOP(=O)(OCCCCCCCC)OP(=O)(O)OP(=O)(O)O.[Nd]. The molecule has 0 aliphatic rings. The molecule has 0 radical (unpaired) electrons. The summed E-state index contributed by atoms with van der Waals surface area (Å²) in [5.74, 6) is 0. The summed E-state index contributed by atoms with van der Waals surface area (Å²) in [5, 5.41) is 0. The Morgan fingerprint density at radius 2 is 0.967 bits per heavy atom. The van der Waals surface area contributed by atoms with Crippen LogP contribution in [0, 0.1) is 40.8 Å². The summed E-state index contributed by atoms with van der Waals surface area (Å²) in [7, 11) is -15.2. The molecule has 180 valence electrons. The van der Waals surface area contributed by atoms with Crippen LogP contribution in [0.25, 0.3) is 0 Å². The Balaban J connectivity index is 0. The van der Waals surface area contributed by atoms with Gasteiger partial charge in [-0.05, 0) is 12.8 Å². The summed E-state index contributed by atoms with van der Waals surface area (Å²) >= 11 is 0. The van der Waals surface area contributed by atoms with Crippen molar-refractivity contribution in [3.8, 4) is 0 Å². The minimum atomic E-state index is -5.35. The maximum Gasteiger partial charge on any atom is 0.490 e. The van der Waals surface area contributed by atoms with Crippen LogP contribution >= 0.6 is 23.5 Å². The molecular formula is C16H37NdO10P3. The molecular weight excluding hydrogens is 589 g/mol. The Hall–Kier alpha value is 1.76. The van der Waals surface area contributed by atoms with Gasteiger partial charge in [0.1, 0.15) is 0 Å². The molecule has 0 aliphatic heterocycles. The topological polar surface area (TPSA) is 149 Å². The molecule has 0 saturated heterocycles. The van der Waals surface area contributed by atoms with E-state index in [-0.39, 0.29) is 54.1 Å². The van der Waals surface area contributed by atoms with Crippen LogP contribution in [0.5, 0.6) is 0 Å². The molecule has 0 aromatic carbocycles. The van der Waals surface area contributed by atoms with Crippen molar-refractivity contribution in [1.82, 2.24) is 0 Å². The smallest absolute Gasteiger partial charge is 0.302 e. The van der Waals surface area contributed by atoms with Crippen molar-refractivity contribution in [1.29, 1.82) is 0 Å². The molecule has 0 rings (SSSR count). The maximum atomic E-state index is 12.7. The molecule has 0 aliphatic carbocycles. The molecule has 0 bridgehead atoms. The fraction of sp³-hybridized carbons (Fsp3) is 1.00. The van der Waals surface area contributed by atoms with Gasteiger partial charge in [0, 0.05) is 40.8 Å². The first-order chi connectivity index (χ1) is 13.5. The van der Waals surface area contributed by atoms with Crippen LogP contribution in [-0.2, 0) is 31.4 Å². The van der Waals surface area contributed by atoms with E-state index in [2.05, 4.69) is 22.5 Å². The third-order valence-corrected chi connectivity index (χ3v) is 8.21. The van der Waals surface area contributed by atoms with Crippen LogP contribution in [-0.4, -0.2) is 27.9 Å². The van der Waals surface area contributed by atoms with Crippen LogP contribution in [0.3, 0.4) is 0 Å². The average Bonchev–Trinajstić information content (AvgIpc) is 2.57. The molecule has 0 saturated carbocycles. The number of phosphoric acid groups is 3. The van der Waals surface area contributed by atoms with E-state index < -0.39 is 23.5 Å². The molecule has 0 aromatic heterocycles. The first-order valence-electron chi connectivity index (χ1n) is 10.2. The van der Waals surface area contributed by atoms with Gasteiger partial charge < -0.3 is 14.7 Å². The summed E-state index contributed by atoms with van der Waals surface area (Å²) in [5.41, 5.74) is 0. The third kappa shape index (κ3) is 21.6. The quantitative estimate of drug-likeness (QED) is 0.107. The third-order valence-electron chi connectivity index (χ3n) is 3.91. The number of hydrogen-bond donors (Lipinski definition) is 3. The van der Waals surface area contributed by atoms with Crippen molar-refractivity contribution in [2.24, 2.45) is 0 Å². The van der Waals surface area contributed by atoms with E-state index in [9.17, 15) is 18.6 Å². The number of hydrogen-bond acceptors (Lipinski definition) is 7. The molecule has 0 fully saturated rings. The molecule has 0 heterocycles.